The number of carbonyl (C=O) groups excluding carboxylic acids is 3. The van der Waals surface area contributed by atoms with Crippen molar-refractivity contribution in [3.05, 3.63) is 24.1 Å². The van der Waals surface area contributed by atoms with Crippen molar-refractivity contribution in [2.75, 3.05) is 5.75 Å². The van der Waals surface area contributed by atoms with Crippen LogP contribution >= 0.6 is 11.8 Å². The number of aromatic nitrogens is 1. The zero-order valence-corrected chi connectivity index (χ0v) is 17.2. The van der Waals surface area contributed by atoms with Gasteiger partial charge in [-0.3, -0.25) is 14.4 Å². The first kappa shape index (κ1) is 21.0. The number of carbonyl (C=O) groups is 3. The average molecular weight is 423 g/mol. The molecule has 156 valence electrons. The molecule has 9 nitrogen and oxygen atoms in total. The molecule has 0 aliphatic carbocycles. The van der Waals surface area contributed by atoms with Crippen molar-refractivity contribution in [1.82, 2.24) is 4.98 Å². The number of benzene rings is 1. The Bertz CT molecular complexity index is 926. The van der Waals surface area contributed by atoms with Crippen molar-refractivity contribution < 1.29 is 37.7 Å². The first-order valence-electron chi connectivity index (χ1n) is 8.90. The van der Waals surface area contributed by atoms with Crippen LogP contribution in [0.15, 0.2) is 22.6 Å². The minimum atomic E-state index is -1.01. The van der Waals surface area contributed by atoms with Gasteiger partial charge >= 0.3 is 17.9 Å². The van der Waals surface area contributed by atoms with E-state index in [4.69, 9.17) is 23.4 Å². The molecule has 1 aromatic carbocycles. The Kier molecular flexibility index (Phi) is 6.31. The van der Waals surface area contributed by atoms with Gasteiger partial charge in [-0.2, -0.15) is 0 Å². The Labute approximate surface area is 171 Å². The Morgan fingerprint density at radius 1 is 1.03 bits per heavy atom. The molecule has 1 fully saturated rings. The highest BCUT2D eigenvalue weighted by Crippen LogP contribution is 2.36. The number of thioether (sulfide) groups is 1. The van der Waals surface area contributed by atoms with Gasteiger partial charge in [-0.25, -0.2) is 4.98 Å². The normalized spacial score (nSPS) is 24.0. The molecule has 2 heterocycles. The van der Waals surface area contributed by atoms with E-state index >= 15 is 0 Å². The van der Waals surface area contributed by atoms with Crippen LogP contribution in [-0.2, 0) is 28.6 Å². The summed E-state index contributed by atoms with van der Waals surface area (Å²) in [6, 6.07) is 5.23. The number of hydrogen-bond donors (Lipinski definition) is 0. The fourth-order valence-corrected chi connectivity index (χ4v) is 4.27. The molecule has 4 atom stereocenters. The highest BCUT2D eigenvalue weighted by Gasteiger charge is 2.47. The molecule has 0 saturated carbocycles. The van der Waals surface area contributed by atoms with Crippen molar-refractivity contribution in [1.29, 1.82) is 0 Å². The molecule has 29 heavy (non-hydrogen) atoms. The Morgan fingerprint density at radius 3 is 2.34 bits per heavy atom. The second-order valence-corrected chi connectivity index (χ2v) is 7.58. The summed E-state index contributed by atoms with van der Waals surface area (Å²) in [5.74, 6) is -0.507. The summed E-state index contributed by atoms with van der Waals surface area (Å²) >= 11 is 1.28. The van der Waals surface area contributed by atoms with Gasteiger partial charge in [0, 0.05) is 33.4 Å². The van der Waals surface area contributed by atoms with E-state index in [1.807, 2.05) is 0 Å². The second kappa shape index (κ2) is 8.73. The summed E-state index contributed by atoms with van der Waals surface area (Å²) in [6.45, 7) is 5.45. The predicted molar refractivity (Wildman–Crippen MR) is 102 cm³/mol. The zero-order chi connectivity index (χ0) is 21.1. The number of fused-ring (bicyclic) bond motifs is 1. The van der Waals surface area contributed by atoms with Crippen molar-refractivity contribution in [3.8, 4) is 5.75 Å². The maximum atomic E-state index is 11.7. The van der Waals surface area contributed by atoms with Gasteiger partial charge in [0.1, 0.15) is 0 Å². The molecule has 3 rings (SSSR count). The third kappa shape index (κ3) is 5.00. The van der Waals surface area contributed by atoms with E-state index in [1.165, 1.54) is 32.5 Å². The van der Waals surface area contributed by atoms with E-state index in [0.717, 1.165) is 0 Å². The number of ether oxygens (including phenoxy) is 4. The Morgan fingerprint density at radius 2 is 1.69 bits per heavy atom. The van der Waals surface area contributed by atoms with Crippen LogP contribution in [0.2, 0.25) is 0 Å². The number of rotatable bonds is 5. The van der Waals surface area contributed by atoms with E-state index in [0.29, 0.717) is 22.7 Å². The summed E-state index contributed by atoms with van der Waals surface area (Å²) in [5, 5.41) is 0. The molecular formula is C19H21NO8S. The van der Waals surface area contributed by atoms with Gasteiger partial charge in [-0.15, -0.1) is 11.8 Å². The van der Waals surface area contributed by atoms with Gasteiger partial charge in [0.2, 0.25) is 0 Å². The molecule has 1 aliphatic rings. The first-order chi connectivity index (χ1) is 13.7. The molecule has 10 heteroatoms. The molecule has 0 amide bonds. The van der Waals surface area contributed by atoms with Crippen LogP contribution in [0.25, 0.3) is 11.1 Å². The van der Waals surface area contributed by atoms with Crippen LogP contribution in [0.3, 0.4) is 0 Å². The molecule has 2 aromatic rings. The minimum Gasteiger partial charge on any atom is -0.473 e. The lowest BCUT2D eigenvalue weighted by Gasteiger charge is -2.39. The third-order valence-electron chi connectivity index (χ3n) is 4.04. The molecule has 0 spiro atoms. The molecule has 0 unspecified atom stereocenters. The number of hydrogen-bond acceptors (Lipinski definition) is 10. The van der Waals surface area contributed by atoms with E-state index in [-0.39, 0.29) is 5.75 Å². The van der Waals surface area contributed by atoms with Crippen LogP contribution in [-0.4, -0.2) is 52.4 Å². The van der Waals surface area contributed by atoms with E-state index in [2.05, 4.69) is 4.98 Å². The van der Waals surface area contributed by atoms with Crippen LogP contribution in [0.5, 0.6) is 5.75 Å². The highest BCUT2D eigenvalue weighted by atomic mass is 32.2. The van der Waals surface area contributed by atoms with Gasteiger partial charge in [0.15, 0.2) is 46.5 Å². The molecule has 0 radical (unpaired) electrons. The first-order valence-corrected chi connectivity index (χ1v) is 9.95. The summed E-state index contributed by atoms with van der Waals surface area (Å²) < 4.78 is 27.7. The lowest BCUT2D eigenvalue weighted by Crippen LogP contribution is -2.55. The quantitative estimate of drug-likeness (QED) is 0.524. The molecule has 1 saturated heterocycles. The summed E-state index contributed by atoms with van der Waals surface area (Å²) in [7, 11) is 0. The summed E-state index contributed by atoms with van der Waals surface area (Å²) in [5.41, 5.74) is 0.357. The number of nitrogens with zero attached hydrogens (tertiary/aromatic N) is 1. The Balaban J connectivity index is 1.92. The number of para-hydroxylation sites is 1. The van der Waals surface area contributed by atoms with Crippen molar-refractivity contribution in [2.24, 2.45) is 0 Å². The molecular weight excluding hydrogens is 402 g/mol. The third-order valence-corrected chi connectivity index (χ3v) is 5.25. The second-order valence-electron chi connectivity index (χ2n) is 6.45. The smallest absolute Gasteiger partial charge is 0.303 e. The van der Waals surface area contributed by atoms with Gasteiger partial charge in [0.05, 0.1) is 0 Å². The summed E-state index contributed by atoms with van der Waals surface area (Å²) in [4.78, 5) is 39.2. The lowest BCUT2D eigenvalue weighted by molar-refractivity contribution is -0.186. The van der Waals surface area contributed by atoms with E-state index in [1.54, 1.807) is 25.1 Å². The molecule has 0 bridgehead atoms. The van der Waals surface area contributed by atoms with Crippen LogP contribution < -0.4 is 4.74 Å². The molecule has 1 aromatic heterocycles. The minimum absolute atomic E-state index is 0.285. The van der Waals surface area contributed by atoms with Gasteiger partial charge < -0.3 is 23.4 Å². The Hall–Kier alpha value is -2.75. The van der Waals surface area contributed by atoms with Crippen LogP contribution in [0.1, 0.15) is 26.7 Å². The topological polar surface area (TPSA) is 114 Å². The molecule has 1 aliphatic heterocycles. The monoisotopic (exact) mass is 423 g/mol. The van der Waals surface area contributed by atoms with Gasteiger partial charge in [-0.1, -0.05) is 6.07 Å². The zero-order valence-electron chi connectivity index (χ0n) is 16.4. The highest BCUT2D eigenvalue weighted by molar-refractivity contribution is 7.99. The maximum Gasteiger partial charge on any atom is 0.303 e. The van der Waals surface area contributed by atoms with E-state index < -0.39 is 41.7 Å². The summed E-state index contributed by atoms with van der Waals surface area (Å²) in [6.07, 6.45) is -2.79. The lowest BCUT2D eigenvalue weighted by atomic mass is 10.1. The number of aryl methyl sites for hydroxylation is 1. The van der Waals surface area contributed by atoms with Gasteiger partial charge in [0.25, 0.3) is 0 Å². The predicted octanol–water partition coefficient (Wildman–Crippen LogP) is 2.38. The van der Waals surface area contributed by atoms with Crippen LogP contribution in [0, 0.1) is 6.92 Å². The van der Waals surface area contributed by atoms with Crippen molar-refractivity contribution in [2.45, 2.75) is 51.4 Å². The fourth-order valence-electron chi connectivity index (χ4n) is 3.06. The SMILES string of the molecule is CC(=O)O[C@@H]1[C@@H](OC(C)=O)[C@H](OC(C)=O)CS[C@H]1Oc1cccc2oc(C)nc12. The largest absolute Gasteiger partial charge is 0.473 e. The average Bonchev–Trinajstić information content (AvgIpc) is 3.00. The fraction of sp³-hybridized carbons (Fsp3) is 0.474. The van der Waals surface area contributed by atoms with E-state index in [9.17, 15) is 14.4 Å². The number of esters is 3. The number of oxazole rings is 1. The maximum absolute atomic E-state index is 11.7. The van der Waals surface area contributed by atoms with Crippen LogP contribution in [0.4, 0.5) is 0 Å². The van der Waals surface area contributed by atoms with Gasteiger partial charge in [-0.05, 0) is 12.1 Å². The molecule has 0 N–H and O–H groups in total. The standard InChI is InChI=1S/C19H21NO8S/c1-9-20-16-13(24-9)6-5-7-14(16)28-19-18(27-12(4)23)17(26-11(3)22)15(8-29-19)25-10(2)21/h5-7,15,17-19H,8H2,1-4H3/t15-,17+,18-,19-/m1/s1. The van der Waals surface area contributed by atoms with Crippen molar-refractivity contribution >= 4 is 40.8 Å². The van der Waals surface area contributed by atoms with Crippen molar-refractivity contribution in [3.63, 3.8) is 0 Å².